The average Bonchev–Trinajstić information content (AvgIpc) is 2.69. The fourth-order valence-electron chi connectivity index (χ4n) is 2.97. The number of benzene rings is 2. The Morgan fingerprint density at radius 3 is 2.50 bits per heavy atom. The number of nitrogens with one attached hydrogen (secondary N) is 3. The Bertz CT molecular complexity index is 901. The Morgan fingerprint density at radius 1 is 1.14 bits per heavy atom. The van der Waals surface area contributed by atoms with Crippen molar-refractivity contribution in [3.05, 3.63) is 59.9 Å². The maximum atomic E-state index is 13.7. The molecule has 0 aromatic heterocycles. The van der Waals surface area contributed by atoms with Crippen LogP contribution >= 0.6 is 12.4 Å². The summed E-state index contributed by atoms with van der Waals surface area (Å²) in [7, 11) is -3.94. The van der Waals surface area contributed by atoms with Gasteiger partial charge in [0.15, 0.2) is 0 Å². The quantitative estimate of drug-likeness (QED) is 0.661. The zero-order chi connectivity index (χ0) is 19.3. The molecule has 0 aliphatic carbocycles. The Morgan fingerprint density at radius 2 is 1.86 bits per heavy atom. The predicted octanol–water partition coefficient (Wildman–Crippen LogP) is 2.78. The third-order valence-corrected chi connectivity index (χ3v) is 5.88. The summed E-state index contributed by atoms with van der Waals surface area (Å²) in [6.45, 7) is 2.49. The Hall–Kier alpha value is -2.16. The number of rotatable bonds is 6. The monoisotopic (exact) mass is 427 g/mol. The van der Waals surface area contributed by atoms with Crippen molar-refractivity contribution in [2.45, 2.75) is 17.7 Å². The SMILES string of the molecule is Cl.O=C(NCC1CCCNC1)c1ccc(S(=O)(=O)Nc2ccccc2F)cc1. The standard InChI is InChI=1S/C19H22FN3O3S.ClH/c20-17-5-1-2-6-18(17)23-27(25,26)16-9-7-15(8-10-16)19(24)22-13-14-4-3-11-21-12-14;/h1-2,5-10,14,21,23H,3-4,11-13H2,(H,22,24);1H. The minimum Gasteiger partial charge on any atom is -0.352 e. The highest BCUT2D eigenvalue weighted by atomic mass is 35.5. The van der Waals surface area contributed by atoms with Gasteiger partial charge in [-0.05, 0) is 68.2 Å². The van der Waals surface area contributed by atoms with Crippen LogP contribution in [-0.4, -0.2) is 34.0 Å². The molecule has 1 fully saturated rings. The molecule has 0 radical (unpaired) electrons. The highest BCUT2D eigenvalue weighted by Crippen LogP contribution is 2.19. The fourth-order valence-corrected chi connectivity index (χ4v) is 4.04. The van der Waals surface area contributed by atoms with E-state index in [-0.39, 0.29) is 28.9 Å². The van der Waals surface area contributed by atoms with E-state index in [2.05, 4.69) is 15.4 Å². The highest BCUT2D eigenvalue weighted by molar-refractivity contribution is 7.92. The van der Waals surface area contributed by atoms with Gasteiger partial charge in [0.25, 0.3) is 15.9 Å². The van der Waals surface area contributed by atoms with Crippen LogP contribution in [0.2, 0.25) is 0 Å². The minimum atomic E-state index is -3.94. The largest absolute Gasteiger partial charge is 0.352 e. The van der Waals surface area contributed by atoms with E-state index in [1.54, 1.807) is 0 Å². The molecule has 0 saturated carbocycles. The van der Waals surface area contributed by atoms with Crippen molar-refractivity contribution in [3.63, 3.8) is 0 Å². The van der Waals surface area contributed by atoms with Gasteiger partial charge in [-0.15, -0.1) is 12.4 Å². The van der Waals surface area contributed by atoms with Crippen molar-refractivity contribution >= 4 is 34.0 Å². The lowest BCUT2D eigenvalue weighted by atomic mass is 10.00. The number of hydrogen-bond acceptors (Lipinski definition) is 4. The summed E-state index contributed by atoms with van der Waals surface area (Å²) in [5, 5.41) is 6.18. The summed E-state index contributed by atoms with van der Waals surface area (Å²) < 4.78 is 40.6. The molecule has 2 aromatic rings. The van der Waals surface area contributed by atoms with Crippen LogP contribution in [0.25, 0.3) is 0 Å². The smallest absolute Gasteiger partial charge is 0.261 e. The van der Waals surface area contributed by atoms with E-state index in [9.17, 15) is 17.6 Å². The Kier molecular flexibility index (Phi) is 7.79. The van der Waals surface area contributed by atoms with E-state index >= 15 is 0 Å². The molecule has 6 nitrogen and oxygen atoms in total. The predicted molar refractivity (Wildman–Crippen MR) is 109 cm³/mol. The molecule has 1 amide bonds. The molecule has 28 heavy (non-hydrogen) atoms. The third kappa shape index (κ3) is 5.67. The number of carbonyl (C=O) groups excluding carboxylic acids is 1. The first kappa shape index (κ1) is 22.1. The highest BCUT2D eigenvalue weighted by Gasteiger charge is 2.18. The molecular formula is C19H23ClFN3O3S. The Labute approximate surface area is 170 Å². The summed E-state index contributed by atoms with van der Waals surface area (Å²) >= 11 is 0. The summed E-state index contributed by atoms with van der Waals surface area (Å²) in [6.07, 6.45) is 2.17. The summed E-state index contributed by atoms with van der Waals surface area (Å²) in [5.41, 5.74) is 0.254. The number of amides is 1. The molecule has 1 saturated heterocycles. The molecule has 3 N–H and O–H groups in total. The summed E-state index contributed by atoms with van der Waals surface area (Å²) in [4.78, 5) is 12.2. The first-order chi connectivity index (χ1) is 13.0. The molecular weight excluding hydrogens is 405 g/mol. The minimum absolute atomic E-state index is 0. The van der Waals surface area contributed by atoms with Crippen molar-refractivity contribution in [3.8, 4) is 0 Å². The maximum absolute atomic E-state index is 13.7. The van der Waals surface area contributed by atoms with Crippen LogP contribution in [0.1, 0.15) is 23.2 Å². The van der Waals surface area contributed by atoms with E-state index in [1.807, 2.05) is 0 Å². The van der Waals surface area contributed by atoms with Gasteiger partial charge in [0.1, 0.15) is 5.82 Å². The molecule has 1 unspecified atom stereocenters. The number of para-hydroxylation sites is 1. The van der Waals surface area contributed by atoms with E-state index in [0.717, 1.165) is 25.9 Å². The van der Waals surface area contributed by atoms with Gasteiger partial charge < -0.3 is 10.6 Å². The zero-order valence-electron chi connectivity index (χ0n) is 15.2. The number of sulfonamides is 1. The zero-order valence-corrected chi connectivity index (χ0v) is 16.8. The van der Waals surface area contributed by atoms with Crippen LogP contribution in [0.4, 0.5) is 10.1 Å². The van der Waals surface area contributed by atoms with Crippen LogP contribution in [0, 0.1) is 11.7 Å². The van der Waals surface area contributed by atoms with Crippen molar-refractivity contribution in [1.82, 2.24) is 10.6 Å². The molecule has 1 aliphatic rings. The number of hydrogen-bond donors (Lipinski definition) is 3. The molecule has 0 spiro atoms. The fraction of sp³-hybridized carbons (Fsp3) is 0.316. The Balaban J connectivity index is 0.00000280. The van der Waals surface area contributed by atoms with Crippen molar-refractivity contribution < 1.29 is 17.6 Å². The molecule has 3 rings (SSSR count). The van der Waals surface area contributed by atoms with Gasteiger partial charge in [-0.1, -0.05) is 12.1 Å². The van der Waals surface area contributed by atoms with Crippen LogP contribution in [-0.2, 0) is 10.0 Å². The molecule has 1 atom stereocenters. The van der Waals surface area contributed by atoms with E-state index in [4.69, 9.17) is 0 Å². The third-order valence-electron chi connectivity index (χ3n) is 4.50. The van der Waals surface area contributed by atoms with Gasteiger partial charge in [0.05, 0.1) is 10.6 Å². The lowest BCUT2D eigenvalue weighted by Crippen LogP contribution is -2.38. The molecule has 152 valence electrons. The second-order valence-corrected chi connectivity index (χ2v) is 8.21. The van der Waals surface area contributed by atoms with Gasteiger partial charge in [-0.25, -0.2) is 12.8 Å². The van der Waals surface area contributed by atoms with E-state index < -0.39 is 15.8 Å². The van der Waals surface area contributed by atoms with Crippen molar-refractivity contribution in [1.29, 1.82) is 0 Å². The first-order valence-corrected chi connectivity index (χ1v) is 10.3. The van der Waals surface area contributed by atoms with Crippen molar-refractivity contribution in [2.75, 3.05) is 24.4 Å². The van der Waals surface area contributed by atoms with Gasteiger partial charge in [-0.3, -0.25) is 9.52 Å². The van der Waals surface area contributed by atoms with E-state index in [0.29, 0.717) is 18.0 Å². The summed E-state index contributed by atoms with van der Waals surface area (Å²) in [6, 6.07) is 11.1. The van der Waals surface area contributed by atoms with Gasteiger partial charge >= 0.3 is 0 Å². The lowest BCUT2D eigenvalue weighted by molar-refractivity contribution is 0.0944. The average molecular weight is 428 g/mol. The number of halogens is 2. The second-order valence-electron chi connectivity index (χ2n) is 6.53. The molecule has 1 heterocycles. The number of anilines is 1. The molecule has 2 aromatic carbocycles. The first-order valence-electron chi connectivity index (χ1n) is 8.82. The summed E-state index contributed by atoms with van der Waals surface area (Å²) in [5.74, 6) is -0.492. The molecule has 9 heteroatoms. The topological polar surface area (TPSA) is 87.3 Å². The number of piperidine rings is 1. The number of carbonyl (C=O) groups is 1. The van der Waals surface area contributed by atoms with Crippen molar-refractivity contribution in [2.24, 2.45) is 5.92 Å². The molecule has 0 bridgehead atoms. The van der Waals surface area contributed by atoms with Gasteiger partial charge in [0, 0.05) is 12.1 Å². The lowest BCUT2D eigenvalue weighted by Gasteiger charge is -2.22. The van der Waals surface area contributed by atoms with E-state index in [1.165, 1.54) is 48.5 Å². The van der Waals surface area contributed by atoms with Crippen LogP contribution in [0.5, 0.6) is 0 Å². The van der Waals surface area contributed by atoms with Crippen LogP contribution in [0.3, 0.4) is 0 Å². The second kappa shape index (κ2) is 9.86. The van der Waals surface area contributed by atoms with Crippen LogP contribution in [0.15, 0.2) is 53.4 Å². The normalized spacial score (nSPS) is 16.7. The molecule has 1 aliphatic heterocycles. The van der Waals surface area contributed by atoms with Gasteiger partial charge in [0.2, 0.25) is 0 Å². The van der Waals surface area contributed by atoms with Crippen LogP contribution < -0.4 is 15.4 Å². The maximum Gasteiger partial charge on any atom is 0.261 e. The van der Waals surface area contributed by atoms with Gasteiger partial charge in [-0.2, -0.15) is 0 Å².